The van der Waals surface area contributed by atoms with Crippen molar-refractivity contribution in [3.8, 4) is 0 Å². The molecule has 1 aromatic carbocycles. The van der Waals surface area contributed by atoms with E-state index in [1.807, 2.05) is 36.1 Å². The van der Waals surface area contributed by atoms with Crippen LogP contribution in [0.3, 0.4) is 0 Å². The van der Waals surface area contributed by atoms with Crippen molar-refractivity contribution in [2.45, 2.75) is 63.8 Å². The first-order chi connectivity index (χ1) is 16.0. The van der Waals surface area contributed by atoms with E-state index in [0.29, 0.717) is 12.3 Å². The number of carbonyl (C=O) groups is 2. The van der Waals surface area contributed by atoms with Crippen LogP contribution in [0.2, 0.25) is 0 Å². The summed E-state index contributed by atoms with van der Waals surface area (Å²) >= 11 is 1.33. The van der Waals surface area contributed by atoms with Crippen molar-refractivity contribution in [1.29, 1.82) is 0 Å². The third-order valence-corrected chi connectivity index (χ3v) is 8.18. The van der Waals surface area contributed by atoms with Gasteiger partial charge in [0, 0.05) is 37.7 Å². The van der Waals surface area contributed by atoms with Gasteiger partial charge in [-0.1, -0.05) is 25.3 Å². The highest BCUT2D eigenvalue weighted by atomic mass is 32.2. The van der Waals surface area contributed by atoms with Crippen LogP contribution in [0.25, 0.3) is 6.08 Å². The number of piperidine rings is 1. The molecule has 2 saturated heterocycles. The number of nitrogens with zero attached hydrogens (tertiary/aromatic N) is 3. The second-order valence-electron chi connectivity index (χ2n) is 9.56. The number of carbonyl (C=O) groups excluding carboxylic acids is 2. The molecule has 33 heavy (non-hydrogen) atoms. The zero-order chi connectivity index (χ0) is 22.8. The molecular formula is C25H32N4O3S. The van der Waals surface area contributed by atoms with Crippen molar-refractivity contribution in [2.75, 3.05) is 24.5 Å². The summed E-state index contributed by atoms with van der Waals surface area (Å²) in [7, 11) is 0. The van der Waals surface area contributed by atoms with Crippen LogP contribution in [0.15, 0.2) is 29.5 Å². The lowest BCUT2D eigenvalue weighted by molar-refractivity contribution is -0.125. The molecule has 5 rings (SSSR count). The molecule has 8 heteroatoms. The molecule has 1 saturated carbocycles. The molecule has 7 nitrogen and oxygen atoms in total. The Balaban J connectivity index is 1.10. The van der Waals surface area contributed by atoms with E-state index < -0.39 is 5.54 Å². The first-order valence-electron chi connectivity index (χ1n) is 12.1. The van der Waals surface area contributed by atoms with Crippen LogP contribution in [0.5, 0.6) is 0 Å². The molecule has 1 spiro atoms. The van der Waals surface area contributed by atoms with Crippen LogP contribution in [-0.2, 0) is 13.8 Å². The molecule has 3 fully saturated rings. The highest BCUT2D eigenvalue weighted by Crippen LogP contribution is 2.35. The van der Waals surface area contributed by atoms with Crippen molar-refractivity contribution in [3.05, 3.63) is 35.6 Å². The predicted molar refractivity (Wildman–Crippen MR) is 132 cm³/mol. The molecule has 3 aliphatic heterocycles. The van der Waals surface area contributed by atoms with E-state index in [1.54, 1.807) is 6.26 Å². The number of benzene rings is 1. The van der Waals surface area contributed by atoms with Crippen LogP contribution in [-0.4, -0.2) is 47.1 Å². The lowest BCUT2D eigenvalue weighted by atomic mass is 9.88. The molecule has 2 amide bonds. The van der Waals surface area contributed by atoms with E-state index in [2.05, 4.69) is 9.62 Å². The molecular weight excluding hydrogens is 436 g/mol. The Bertz CT molecular complexity index is 978. The maximum atomic E-state index is 12.8. The molecule has 0 atom stereocenters. The summed E-state index contributed by atoms with van der Waals surface area (Å²) < 4.78 is 7.87. The Labute approximate surface area is 200 Å². The molecule has 0 aromatic heterocycles. The Hall–Kier alpha value is -2.32. The fourth-order valence-corrected chi connectivity index (χ4v) is 5.73. The number of rotatable bonds is 6. The third kappa shape index (κ3) is 4.68. The third-order valence-electron chi connectivity index (χ3n) is 7.41. The average Bonchev–Trinajstić information content (AvgIpc) is 3.14. The number of aliphatic imine (C=N–C) groups is 1. The summed E-state index contributed by atoms with van der Waals surface area (Å²) in [6, 6.07) is 6.05. The SMILES string of the molecule is Cc1cc(N2CCC2=O)ccc1/C=C/OSN1CCC2(CC1)N=C(C1CCCCC1)NC2=O. The molecule has 176 valence electrons. The summed E-state index contributed by atoms with van der Waals surface area (Å²) in [5.74, 6) is 1.66. The molecule has 1 aromatic rings. The number of nitrogens with one attached hydrogen (secondary N) is 1. The monoisotopic (exact) mass is 468 g/mol. The van der Waals surface area contributed by atoms with Gasteiger partial charge in [0.2, 0.25) is 5.91 Å². The van der Waals surface area contributed by atoms with Gasteiger partial charge in [-0.15, -0.1) is 0 Å². The van der Waals surface area contributed by atoms with Gasteiger partial charge in [0.25, 0.3) is 5.91 Å². The van der Waals surface area contributed by atoms with Gasteiger partial charge >= 0.3 is 0 Å². The fraction of sp³-hybridized carbons (Fsp3) is 0.560. The first-order valence-corrected chi connectivity index (χ1v) is 12.8. The van der Waals surface area contributed by atoms with Crippen molar-refractivity contribution in [3.63, 3.8) is 0 Å². The van der Waals surface area contributed by atoms with Gasteiger partial charge in [-0.2, -0.15) is 0 Å². The highest BCUT2D eigenvalue weighted by molar-refractivity contribution is 7.92. The largest absolute Gasteiger partial charge is 0.417 e. The highest BCUT2D eigenvalue weighted by Gasteiger charge is 2.47. The number of β-lactam (4-membered cyclic amide) rings is 1. The Morgan fingerprint density at radius 2 is 1.94 bits per heavy atom. The fourth-order valence-electron chi connectivity index (χ4n) is 5.17. The minimum absolute atomic E-state index is 0.0902. The minimum atomic E-state index is -0.573. The topological polar surface area (TPSA) is 74.2 Å². The molecule has 3 heterocycles. The average molecular weight is 469 g/mol. The summed E-state index contributed by atoms with van der Waals surface area (Å²) in [6.45, 7) is 4.38. The molecule has 0 radical (unpaired) electrons. The summed E-state index contributed by atoms with van der Waals surface area (Å²) in [6.07, 6.45) is 11.8. The Morgan fingerprint density at radius 1 is 1.15 bits per heavy atom. The van der Waals surface area contributed by atoms with E-state index in [1.165, 1.54) is 31.5 Å². The number of hydrogen-bond acceptors (Lipinski definition) is 6. The Kier molecular flexibility index (Phi) is 6.47. The van der Waals surface area contributed by atoms with Gasteiger partial charge in [-0.3, -0.25) is 14.6 Å². The number of anilines is 1. The van der Waals surface area contributed by atoms with Crippen LogP contribution in [0.1, 0.15) is 62.5 Å². The Morgan fingerprint density at radius 3 is 2.61 bits per heavy atom. The normalized spacial score (nSPS) is 23.7. The lowest BCUT2D eigenvalue weighted by Gasteiger charge is -2.33. The van der Waals surface area contributed by atoms with Gasteiger partial charge in [-0.05, 0) is 61.9 Å². The summed E-state index contributed by atoms with van der Waals surface area (Å²) in [5, 5.41) is 3.12. The van der Waals surface area contributed by atoms with Crippen LogP contribution in [0.4, 0.5) is 5.69 Å². The maximum absolute atomic E-state index is 12.8. The number of amidine groups is 1. The second-order valence-corrected chi connectivity index (χ2v) is 10.4. The van der Waals surface area contributed by atoms with E-state index in [0.717, 1.165) is 68.0 Å². The van der Waals surface area contributed by atoms with Gasteiger partial charge in [-0.25, -0.2) is 4.31 Å². The standard InChI is InChI=1S/C25H32N4O3S/c1-18-17-21(29-13-9-22(29)30)8-7-19(18)10-16-32-33-28-14-11-25(12-15-28)24(31)26-23(27-25)20-5-3-2-4-6-20/h7-8,10,16-17,20H,2-6,9,11-15H2,1H3,(H,26,27,31)/b16-10+. The summed E-state index contributed by atoms with van der Waals surface area (Å²) in [5.41, 5.74) is 2.56. The van der Waals surface area contributed by atoms with Gasteiger partial charge in [0.1, 0.15) is 29.9 Å². The van der Waals surface area contributed by atoms with Crippen molar-refractivity contribution < 1.29 is 13.8 Å². The molecule has 1 aliphatic carbocycles. The van der Waals surface area contributed by atoms with Gasteiger partial charge in [0.05, 0.1) is 0 Å². The lowest BCUT2D eigenvalue weighted by Crippen LogP contribution is -2.47. The van der Waals surface area contributed by atoms with E-state index in [-0.39, 0.29) is 11.8 Å². The van der Waals surface area contributed by atoms with Crippen molar-refractivity contribution in [2.24, 2.45) is 10.9 Å². The van der Waals surface area contributed by atoms with Gasteiger partial charge < -0.3 is 14.4 Å². The molecule has 0 bridgehead atoms. The van der Waals surface area contributed by atoms with E-state index >= 15 is 0 Å². The van der Waals surface area contributed by atoms with Crippen LogP contribution >= 0.6 is 12.2 Å². The van der Waals surface area contributed by atoms with Crippen LogP contribution < -0.4 is 10.2 Å². The smallest absolute Gasteiger partial charge is 0.253 e. The number of hydrogen-bond donors (Lipinski definition) is 1. The molecule has 1 N–H and O–H groups in total. The zero-order valence-electron chi connectivity index (χ0n) is 19.2. The minimum Gasteiger partial charge on any atom is -0.417 e. The van der Waals surface area contributed by atoms with E-state index in [4.69, 9.17) is 9.18 Å². The quantitative estimate of drug-likeness (QED) is 0.293. The van der Waals surface area contributed by atoms with E-state index in [9.17, 15) is 9.59 Å². The van der Waals surface area contributed by atoms with Crippen LogP contribution in [0, 0.1) is 12.8 Å². The summed E-state index contributed by atoms with van der Waals surface area (Å²) in [4.78, 5) is 31.1. The number of amides is 2. The van der Waals surface area contributed by atoms with Crippen molar-refractivity contribution in [1.82, 2.24) is 9.62 Å². The zero-order valence-corrected chi connectivity index (χ0v) is 20.0. The van der Waals surface area contributed by atoms with Gasteiger partial charge in [0.15, 0.2) is 0 Å². The number of aryl methyl sites for hydroxylation is 1. The molecule has 0 unspecified atom stereocenters. The second kappa shape index (κ2) is 9.50. The van der Waals surface area contributed by atoms with Crippen molar-refractivity contribution >= 4 is 41.6 Å². The molecule has 4 aliphatic rings. The first kappa shape index (κ1) is 22.5. The predicted octanol–water partition coefficient (Wildman–Crippen LogP) is 4.23. The maximum Gasteiger partial charge on any atom is 0.253 e.